The van der Waals surface area contributed by atoms with E-state index in [2.05, 4.69) is 40.4 Å². The molecular formula is C13H30Si. The molecule has 0 aromatic carbocycles. The largest absolute Gasteiger partial charge is 0.0695 e. The number of hydrogen-bond donors (Lipinski definition) is 0. The highest BCUT2D eigenvalue weighted by atomic mass is 28.3. The predicted molar refractivity (Wildman–Crippen MR) is 70.6 cm³/mol. The molecule has 0 rings (SSSR count). The fourth-order valence-electron chi connectivity index (χ4n) is 1.70. The first kappa shape index (κ1) is 14.2. The molecule has 1 atom stereocenters. The second-order valence-corrected chi connectivity index (χ2v) is 12.2. The van der Waals surface area contributed by atoms with E-state index in [0.717, 1.165) is 11.8 Å². The maximum Gasteiger partial charge on any atom is 0.0442 e. The normalized spacial score (nSPS) is 14.8. The van der Waals surface area contributed by atoms with E-state index in [1.165, 1.54) is 31.7 Å². The van der Waals surface area contributed by atoms with Crippen molar-refractivity contribution in [1.82, 2.24) is 0 Å². The summed E-state index contributed by atoms with van der Waals surface area (Å²) in [4.78, 5) is 0. The van der Waals surface area contributed by atoms with Crippen molar-refractivity contribution >= 4 is 8.07 Å². The number of rotatable bonds is 7. The molecule has 0 aromatic rings. The van der Waals surface area contributed by atoms with Gasteiger partial charge in [-0.1, -0.05) is 72.1 Å². The summed E-state index contributed by atoms with van der Waals surface area (Å²) < 4.78 is 0. The Kier molecular flexibility index (Phi) is 6.76. The maximum absolute atomic E-state index is 2.48. The van der Waals surface area contributed by atoms with E-state index >= 15 is 0 Å². The summed E-state index contributed by atoms with van der Waals surface area (Å²) in [6.07, 6.45) is 5.76. The van der Waals surface area contributed by atoms with E-state index in [1.807, 2.05) is 0 Å². The minimum absolute atomic E-state index is 0.781. The Morgan fingerprint density at radius 2 is 1.43 bits per heavy atom. The molecule has 86 valence electrons. The Labute approximate surface area is 92.5 Å². The van der Waals surface area contributed by atoms with Crippen LogP contribution < -0.4 is 0 Å². The van der Waals surface area contributed by atoms with Crippen molar-refractivity contribution < 1.29 is 0 Å². The summed E-state index contributed by atoms with van der Waals surface area (Å²) in [5.74, 6) is 1.85. The Bertz CT molecular complexity index is 133. The summed E-state index contributed by atoms with van der Waals surface area (Å²) >= 11 is 0. The Morgan fingerprint density at radius 3 is 1.86 bits per heavy atom. The molecule has 0 aliphatic rings. The van der Waals surface area contributed by atoms with E-state index in [0.29, 0.717) is 0 Å². The first-order valence-electron chi connectivity index (χ1n) is 6.31. The van der Waals surface area contributed by atoms with Crippen molar-refractivity contribution in [2.45, 2.75) is 72.1 Å². The van der Waals surface area contributed by atoms with Gasteiger partial charge in [0.1, 0.15) is 0 Å². The Morgan fingerprint density at radius 1 is 0.857 bits per heavy atom. The predicted octanol–water partition coefficient (Wildman–Crippen LogP) is 5.18. The van der Waals surface area contributed by atoms with Gasteiger partial charge in [0, 0.05) is 8.07 Å². The lowest BCUT2D eigenvalue weighted by Crippen LogP contribution is -2.20. The Balaban J connectivity index is 3.42. The van der Waals surface area contributed by atoms with Gasteiger partial charge in [-0.25, -0.2) is 0 Å². The van der Waals surface area contributed by atoms with Gasteiger partial charge in [-0.3, -0.25) is 0 Å². The molecule has 0 aliphatic heterocycles. The molecule has 0 N–H and O–H groups in total. The zero-order valence-corrected chi connectivity index (χ0v) is 12.2. The average Bonchev–Trinajstić information content (AvgIpc) is 1.99. The highest BCUT2D eigenvalue weighted by molar-refractivity contribution is 6.76. The maximum atomic E-state index is 2.48. The van der Waals surface area contributed by atoms with Crippen LogP contribution in [0.2, 0.25) is 25.7 Å². The van der Waals surface area contributed by atoms with Gasteiger partial charge in [-0.15, -0.1) is 0 Å². The highest BCUT2D eigenvalue weighted by Gasteiger charge is 2.14. The van der Waals surface area contributed by atoms with Gasteiger partial charge in [0.2, 0.25) is 0 Å². The fourth-order valence-corrected chi connectivity index (χ4v) is 3.06. The van der Waals surface area contributed by atoms with E-state index in [1.54, 1.807) is 0 Å². The van der Waals surface area contributed by atoms with Crippen LogP contribution in [0.5, 0.6) is 0 Å². The minimum atomic E-state index is -0.781. The van der Waals surface area contributed by atoms with Crippen LogP contribution in [-0.4, -0.2) is 8.07 Å². The van der Waals surface area contributed by atoms with Crippen molar-refractivity contribution in [1.29, 1.82) is 0 Å². The van der Waals surface area contributed by atoms with E-state index in [9.17, 15) is 0 Å². The van der Waals surface area contributed by atoms with Gasteiger partial charge in [-0.2, -0.15) is 0 Å². The second-order valence-electron chi connectivity index (χ2n) is 6.53. The molecule has 0 saturated heterocycles. The van der Waals surface area contributed by atoms with Crippen LogP contribution in [0.15, 0.2) is 0 Å². The Hall–Kier alpha value is 0.217. The van der Waals surface area contributed by atoms with Crippen LogP contribution in [0.1, 0.15) is 46.5 Å². The molecule has 0 heterocycles. The summed E-state index contributed by atoms with van der Waals surface area (Å²) in [6, 6.07) is 1.51. The third-order valence-electron chi connectivity index (χ3n) is 2.87. The molecule has 0 nitrogen and oxygen atoms in total. The van der Waals surface area contributed by atoms with Crippen LogP contribution in [0.3, 0.4) is 0 Å². The molecule has 0 amide bonds. The molecular weight excluding hydrogens is 184 g/mol. The summed E-state index contributed by atoms with van der Waals surface area (Å²) in [7, 11) is -0.781. The molecule has 1 unspecified atom stereocenters. The van der Waals surface area contributed by atoms with Gasteiger partial charge in [0.25, 0.3) is 0 Å². The van der Waals surface area contributed by atoms with Crippen molar-refractivity contribution in [3.05, 3.63) is 0 Å². The topological polar surface area (TPSA) is 0 Å². The van der Waals surface area contributed by atoms with Crippen molar-refractivity contribution in [3.63, 3.8) is 0 Å². The first-order valence-corrected chi connectivity index (χ1v) is 10.0. The van der Waals surface area contributed by atoms with E-state index in [4.69, 9.17) is 0 Å². The van der Waals surface area contributed by atoms with Crippen LogP contribution in [0.4, 0.5) is 0 Å². The molecule has 0 bridgehead atoms. The van der Waals surface area contributed by atoms with Crippen LogP contribution in [0.25, 0.3) is 0 Å². The highest BCUT2D eigenvalue weighted by Crippen LogP contribution is 2.21. The van der Waals surface area contributed by atoms with Gasteiger partial charge >= 0.3 is 0 Å². The molecule has 0 radical (unpaired) electrons. The van der Waals surface area contributed by atoms with Crippen molar-refractivity contribution in [2.75, 3.05) is 0 Å². The zero-order chi connectivity index (χ0) is 11.2. The third kappa shape index (κ3) is 10.3. The van der Waals surface area contributed by atoms with E-state index in [-0.39, 0.29) is 0 Å². The summed E-state index contributed by atoms with van der Waals surface area (Å²) in [5, 5.41) is 0. The molecule has 1 heteroatoms. The standard InChI is InChI=1S/C13H30Si/c1-12(2)8-7-9-13(3)10-11-14(4,5)6/h12-13H,7-11H2,1-6H3. The van der Waals surface area contributed by atoms with Crippen LogP contribution >= 0.6 is 0 Å². The van der Waals surface area contributed by atoms with E-state index < -0.39 is 8.07 Å². The number of hydrogen-bond acceptors (Lipinski definition) is 0. The fraction of sp³-hybridized carbons (Fsp3) is 1.00. The second kappa shape index (κ2) is 6.65. The van der Waals surface area contributed by atoms with Crippen molar-refractivity contribution in [3.8, 4) is 0 Å². The average molecular weight is 214 g/mol. The monoisotopic (exact) mass is 214 g/mol. The summed E-state index contributed by atoms with van der Waals surface area (Å²) in [6.45, 7) is 14.5. The molecule has 14 heavy (non-hydrogen) atoms. The first-order chi connectivity index (χ1) is 6.31. The third-order valence-corrected chi connectivity index (χ3v) is 4.65. The summed E-state index contributed by atoms with van der Waals surface area (Å²) in [5.41, 5.74) is 0. The van der Waals surface area contributed by atoms with Crippen LogP contribution in [0, 0.1) is 11.8 Å². The SMILES string of the molecule is CC(C)CCCC(C)CC[Si](C)(C)C. The van der Waals surface area contributed by atoms with Gasteiger partial charge in [-0.05, 0) is 11.8 Å². The smallest absolute Gasteiger partial charge is 0.0442 e. The molecule has 0 spiro atoms. The van der Waals surface area contributed by atoms with Gasteiger partial charge in [0.05, 0.1) is 0 Å². The quantitative estimate of drug-likeness (QED) is 0.512. The lowest BCUT2D eigenvalue weighted by atomic mass is 9.98. The molecule has 0 aromatic heterocycles. The van der Waals surface area contributed by atoms with Gasteiger partial charge in [0.15, 0.2) is 0 Å². The molecule has 0 aliphatic carbocycles. The zero-order valence-electron chi connectivity index (χ0n) is 11.2. The molecule has 0 saturated carbocycles. The minimum Gasteiger partial charge on any atom is -0.0695 e. The molecule has 0 fully saturated rings. The van der Waals surface area contributed by atoms with Gasteiger partial charge < -0.3 is 0 Å². The van der Waals surface area contributed by atoms with Crippen LogP contribution in [-0.2, 0) is 0 Å². The van der Waals surface area contributed by atoms with Crippen molar-refractivity contribution in [2.24, 2.45) is 11.8 Å². The lowest BCUT2D eigenvalue weighted by Gasteiger charge is -2.19. The lowest BCUT2D eigenvalue weighted by molar-refractivity contribution is 0.447.